The number of benzene rings is 1. The predicted octanol–water partition coefficient (Wildman–Crippen LogP) is 3.16. The molecule has 0 aromatic heterocycles. The van der Waals surface area contributed by atoms with Crippen LogP contribution in [0.1, 0.15) is 25.7 Å². The number of para-hydroxylation sites is 1. The maximum absolute atomic E-state index is 12.9. The van der Waals surface area contributed by atoms with Gasteiger partial charge in [0.25, 0.3) is 5.91 Å². The summed E-state index contributed by atoms with van der Waals surface area (Å²) in [7, 11) is 0. The van der Waals surface area contributed by atoms with E-state index >= 15 is 0 Å². The number of carbonyl (C=O) groups excluding carboxylic acids is 1. The monoisotopic (exact) mass is 350 g/mol. The third kappa shape index (κ3) is 2.91. The molecule has 2 saturated heterocycles. The van der Waals surface area contributed by atoms with Crippen molar-refractivity contribution in [2.75, 3.05) is 31.1 Å². The fourth-order valence-electron chi connectivity index (χ4n) is 4.42. The minimum Gasteiger partial charge on any atom is -0.360 e. The van der Waals surface area contributed by atoms with E-state index in [9.17, 15) is 4.79 Å². The molecule has 1 saturated carbocycles. The normalized spacial score (nSPS) is 28.2. The van der Waals surface area contributed by atoms with Gasteiger partial charge in [-0.25, -0.2) is 0 Å². The van der Waals surface area contributed by atoms with Gasteiger partial charge in [0.1, 0.15) is 5.60 Å². The van der Waals surface area contributed by atoms with E-state index in [0.29, 0.717) is 12.5 Å². The van der Waals surface area contributed by atoms with Crippen LogP contribution in [-0.4, -0.2) is 48.7 Å². The first-order chi connectivity index (χ1) is 12.7. The van der Waals surface area contributed by atoms with Crippen LogP contribution >= 0.6 is 0 Å². The molecule has 1 atom stereocenters. The Labute approximate surface area is 155 Å². The Morgan fingerprint density at radius 1 is 1.08 bits per heavy atom. The molecule has 1 unspecified atom stereocenters. The molecule has 4 heteroatoms. The molecule has 0 N–H and O–H groups in total. The number of hydrogen-bond donors (Lipinski definition) is 0. The Bertz CT molecular complexity index is 745. The second-order valence-corrected chi connectivity index (χ2v) is 8.11. The highest BCUT2D eigenvalue weighted by Crippen LogP contribution is 2.47. The molecule has 1 aromatic carbocycles. The molecule has 3 fully saturated rings. The van der Waals surface area contributed by atoms with Gasteiger partial charge in [-0.05, 0) is 43.4 Å². The number of morpholine rings is 1. The summed E-state index contributed by atoms with van der Waals surface area (Å²) < 4.78 is 6.34. The van der Waals surface area contributed by atoms with Crippen molar-refractivity contribution in [3.63, 3.8) is 0 Å². The maximum Gasteiger partial charge on any atom is 0.259 e. The van der Waals surface area contributed by atoms with E-state index in [1.807, 2.05) is 35.2 Å². The van der Waals surface area contributed by atoms with Crippen LogP contribution in [0.25, 0.3) is 0 Å². The number of nitrogens with zero attached hydrogens (tertiary/aromatic N) is 2. The lowest BCUT2D eigenvalue weighted by molar-refractivity contribution is -0.154. The minimum atomic E-state index is -0.520. The maximum atomic E-state index is 12.9. The molecule has 26 heavy (non-hydrogen) atoms. The van der Waals surface area contributed by atoms with E-state index < -0.39 is 5.60 Å². The van der Waals surface area contributed by atoms with Crippen LogP contribution in [0.2, 0.25) is 0 Å². The summed E-state index contributed by atoms with van der Waals surface area (Å²) >= 11 is 0. The van der Waals surface area contributed by atoms with Gasteiger partial charge >= 0.3 is 0 Å². The summed E-state index contributed by atoms with van der Waals surface area (Å²) in [6.07, 6.45) is 11.2. The fraction of sp³-hybridized carbons (Fsp3) is 0.500. The second-order valence-electron chi connectivity index (χ2n) is 8.11. The smallest absolute Gasteiger partial charge is 0.259 e. The molecule has 5 rings (SSSR count). The largest absolute Gasteiger partial charge is 0.360 e. The third-order valence-corrected chi connectivity index (χ3v) is 6.14. The number of anilines is 1. The Morgan fingerprint density at radius 3 is 2.58 bits per heavy atom. The van der Waals surface area contributed by atoms with Crippen LogP contribution < -0.4 is 4.90 Å². The molecule has 136 valence electrons. The lowest BCUT2D eigenvalue weighted by Crippen LogP contribution is -2.62. The molecular weight excluding hydrogens is 324 g/mol. The van der Waals surface area contributed by atoms with Crippen molar-refractivity contribution in [3.8, 4) is 0 Å². The number of ether oxygens (including phenoxy) is 1. The Morgan fingerprint density at radius 2 is 1.88 bits per heavy atom. The number of hydrogen-bond acceptors (Lipinski definition) is 3. The molecule has 0 radical (unpaired) electrons. The highest BCUT2D eigenvalue weighted by molar-refractivity contribution is 6.02. The molecule has 2 heterocycles. The van der Waals surface area contributed by atoms with Crippen molar-refractivity contribution in [3.05, 3.63) is 54.1 Å². The van der Waals surface area contributed by atoms with E-state index in [0.717, 1.165) is 38.2 Å². The van der Waals surface area contributed by atoms with Crippen LogP contribution in [0.15, 0.2) is 54.1 Å². The number of allylic oxidation sites excluding steroid dienone is 2. The van der Waals surface area contributed by atoms with Gasteiger partial charge in [0.05, 0.1) is 12.6 Å². The topological polar surface area (TPSA) is 32.8 Å². The van der Waals surface area contributed by atoms with Gasteiger partial charge in [-0.3, -0.25) is 9.69 Å². The van der Waals surface area contributed by atoms with Gasteiger partial charge in [-0.1, -0.05) is 36.4 Å². The average Bonchev–Trinajstić information content (AvgIpc) is 3.42. The van der Waals surface area contributed by atoms with Crippen LogP contribution in [0.3, 0.4) is 0 Å². The first kappa shape index (κ1) is 16.3. The van der Waals surface area contributed by atoms with Gasteiger partial charge < -0.3 is 9.64 Å². The fourth-order valence-corrected chi connectivity index (χ4v) is 4.42. The molecular formula is C22H26N2O2. The summed E-state index contributed by atoms with van der Waals surface area (Å²) in [5.41, 5.74) is 1.93. The lowest BCUT2D eigenvalue weighted by Gasteiger charge is -2.48. The minimum absolute atomic E-state index is 0.155. The molecule has 1 amide bonds. The summed E-state index contributed by atoms with van der Waals surface area (Å²) in [5.74, 6) is 0.689. The second kappa shape index (κ2) is 6.36. The number of likely N-dealkylation sites (tertiary alicyclic amines) is 1. The van der Waals surface area contributed by atoms with Crippen molar-refractivity contribution < 1.29 is 9.53 Å². The van der Waals surface area contributed by atoms with E-state index in [1.165, 1.54) is 18.4 Å². The van der Waals surface area contributed by atoms with Gasteiger partial charge in [0, 0.05) is 31.2 Å². The highest BCUT2D eigenvalue weighted by Gasteiger charge is 2.59. The molecule has 2 aliphatic heterocycles. The Balaban J connectivity index is 1.25. The van der Waals surface area contributed by atoms with E-state index in [2.05, 4.69) is 23.1 Å². The zero-order chi connectivity index (χ0) is 17.6. The van der Waals surface area contributed by atoms with Crippen molar-refractivity contribution in [2.24, 2.45) is 5.92 Å². The summed E-state index contributed by atoms with van der Waals surface area (Å²) in [5, 5.41) is 0. The molecule has 0 bridgehead atoms. The quantitative estimate of drug-likeness (QED) is 0.836. The van der Waals surface area contributed by atoms with Crippen molar-refractivity contribution in [2.45, 2.75) is 37.4 Å². The summed E-state index contributed by atoms with van der Waals surface area (Å²) in [4.78, 5) is 17.4. The number of carbonyl (C=O) groups is 1. The molecule has 1 aromatic rings. The van der Waals surface area contributed by atoms with Crippen LogP contribution in [0, 0.1) is 5.92 Å². The first-order valence-electron chi connectivity index (χ1n) is 9.86. The lowest BCUT2D eigenvalue weighted by atomic mass is 9.90. The van der Waals surface area contributed by atoms with E-state index in [1.54, 1.807) is 0 Å². The van der Waals surface area contributed by atoms with Crippen LogP contribution in [-0.2, 0) is 9.53 Å². The molecule has 4 nitrogen and oxygen atoms in total. The third-order valence-electron chi connectivity index (χ3n) is 6.14. The number of amides is 1. The molecule has 1 spiro atoms. The van der Waals surface area contributed by atoms with Gasteiger partial charge in [0.15, 0.2) is 0 Å². The summed E-state index contributed by atoms with van der Waals surface area (Å²) in [6, 6.07) is 10.1. The van der Waals surface area contributed by atoms with Gasteiger partial charge in [-0.15, -0.1) is 0 Å². The van der Waals surface area contributed by atoms with Crippen LogP contribution in [0.5, 0.6) is 0 Å². The molecule has 2 aliphatic carbocycles. The van der Waals surface area contributed by atoms with E-state index in [4.69, 9.17) is 4.74 Å². The van der Waals surface area contributed by atoms with E-state index in [-0.39, 0.29) is 12.0 Å². The zero-order valence-electron chi connectivity index (χ0n) is 15.1. The summed E-state index contributed by atoms with van der Waals surface area (Å²) in [6.45, 7) is 3.88. The van der Waals surface area contributed by atoms with Crippen molar-refractivity contribution in [1.29, 1.82) is 0 Å². The Kier molecular flexibility index (Phi) is 3.98. The van der Waals surface area contributed by atoms with Crippen molar-refractivity contribution in [1.82, 2.24) is 4.90 Å². The van der Waals surface area contributed by atoms with Crippen LogP contribution in [0.4, 0.5) is 5.69 Å². The van der Waals surface area contributed by atoms with Gasteiger partial charge in [-0.2, -0.15) is 0 Å². The van der Waals surface area contributed by atoms with Crippen molar-refractivity contribution >= 4 is 11.6 Å². The predicted molar refractivity (Wildman–Crippen MR) is 102 cm³/mol. The first-order valence-corrected chi connectivity index (χ1v) is 9.86. The SMILES string of the molecule is O=C1N(c2ccccc2)CC(C2CN(CC3=CCCC=C3)C2)OC12CC2. The zero-order valence-corrected chi connectivity index (χ0v) is 15.1. The standard InChI is InChI=1S/C22H26N2O2/c25-21-22(11-12-22)26-20(16-24(21)19-9-5-2-6-10-19)18-14-23(15-18)13-17-7-3-1-4-8-17/h2-3,5-10,18,20H,1,4,11-16H2. The van der Waals surface area contributed by atoms with Gasteiger partial charge in [0.2, 0.25) is 0 Å². The average molecular weight is 350 g/mol. The highest BCUT2D eigenvalue weighted by atomic mass is 16.5. The Hall–Kier alpha value is -1.91. The molecule has 4 aliphatic rings. The number of rotatable bonds is 4.